The highest BCUT2D eigenvalue weighted by atomic mass is 15.2. The zero-order valence-electron chi connectivity index (χ0n) is 7.09. The van der Waals surface area contributed by atoms with Crippen molar-refractivity contribution in [2.24, 2.45) is 17.4 Å². The third-order valence-corrected chi connectivity index (χ3v) is 3.14. The van der Waals surface area contributed by atoms with E-state index in [2.05, 4.69) is 11.9 Å². The molecule has 11 heavy (non-hydrogen) atoms. The van der Waals surface area contributed by atoms with Crippen molar-refractivity contribution in [2.75, 3.05) is 20.1 Å². The van der Waals surface area contributed by atoms with Gasteiger partial charge in [0.1, 0.15) is 0 Å². The summed E-state index contributed by atoms with van der Waals surface area (Å²) in [6.07, 6.45) is 2.14. The van der Waals surface area contributed by atoms with Gasteiger partial charge in [0, 0.05) is 24.7 Å². The second kappa shape index (κ2) is 2.19. The lowest BCUT2D eigenvalue weighted by molar-refractivity contribution is 0.354. The first-order valence-corrected chi connectivity index (χ1v) is 4.33. The van der Waals surface area contributed by atoms with Gasteiger partial charge >= 0.3 is 0 Å². The van der Waals surface area contributed by atoms with Gasteiger partial charge in [0.15, 0.2) is 0 Å². The van der Waals surface area contributed by atoms with Crippen LogP contribution in [0.1, 0.15) is 12.8 Å². The summed E-state index contributed by atoms with van der Waals surface area (Å²) in [5, 5.41) is 0. The molecule has 1 saturated heterocycles. The second-order valence-corrected chi connectivity index (χ2v) is 4.33. The molecule has 3 nitrogen and oxygen atoms in total. The van der Waals surface area contributed by atoms with Crippen LogP contribution in [0.4, 0.5) is 0 Å². The molecule has 0 amide bonds. The zero-order valence-corrected chi connectivity index (χ0v) is 7.09. The average molecular weight is 155 g/mol. The molecule has 1 aliphatic heterocycles. The van der Waals surface area contributed by atoms with Crippen molar-refractivity contribution in [2.45, 2.75) is 24.4 Å². The van der Waals surface area contributed by atoms with Crippen LogP contribution >= 0.6 is 0 Å². The van der Waals surface area contributed by atoms with E-state index in [0.29, 0.717) is 12.0 Å². The van der Waals surface area contributed by atoms with Crippen molar-refractivity contribution in [3.05, 3.63) is 0 Å². The standard InChI is InChI=1S/C8H17N3/c1-11-4-6-2-7(9)3-8(6,10)5-11/h6-7H,2-5,9-10H2,1H3. The SMILES string of the molecule is CN1CC2CC(N)CC2(N)C1. The molecule has 0 radical (unpaired) electrons. The normalized spacial score (nSPS) is 51.5. The Hall–Kier alpha value is -0.120. The zero-order chi connectivity index (χ0) is 8.06. The van der Waals surface area contributed by atoms with Gasteiger partial charge in [0.2, 0.25) is 0 Å². The Bertz CT molecular complexity index is 155. The number of nitrogens with two attached hydrogens (primary N) is 2. The van der Waals surface area contributed by atoms with E-state index in [0.717, 1.165) is 25.9 Å². The molecule has 2 rings (SSSR count). The van der Waals surface area contributed by atoms with E-state index in [-0.39, 0.29) is 5.54 Å². The molecule has 1 heterocycles. The molecule has 3 unspecified atom stereocenters. The van der Waals surface area contributed by atoms with E-state index in [1.165, 1.54) is 0 Å². The monoisotopic (exact) mass is 155 g/mol. The number of hydrogen-bond acceptors (Lipinski definition) is 3. The molecule has 2 fully saturated rings. The minimum Gasteiger partial charge on any atom is -0.328 e. The summed E-state index contributed by atoms with van der Waals surface area (Å²) >= 11 is 0. The maximum absolute atomic E-state index is 6.22. The van der Waals surface area contributed by atoms with Crippen molar-refractivity contribution in [1.82, 2.24) is 4.90 Å². The molecule has 0 aromatic heterocycles. The van der Waals surface area contributed by atoms with Gasteiger partial charge in [-0.05, 0) is 25.8 Å². The topological polar surface area (TPSA) is 55.3 Å². The minimum absolute atomic E-state index is 0.0498. The van der Waals surface area contributed by atoms with E-state index >= 15 is 0 Å². The van der Waals surface area contributed by atoms with Crippen LogP contribution in [0.5, 0.6) is 0 Å². The quantitative estimate of drug-likeness (QED) is 0.489. The van der Waals surface area contributed by atoms with Gasteiger partial charge in [-0.15, -0.1) is 0 Å². The summed E-state index contributed by atoms with van der Waals surface area (Å²) in [7, 11) is 2.14. The number of likely N-dealkylation sites (N-methyl/N-ethyl adjacent to an activating group) is 1. The Morgan fingerprint density at radius 3 is 2.91 bits per heavy atom. The Labute approximate surface area is 67.7 Å². The van der Waals surface area contributed by atoms with Crippen LogP contribution in [-0.2, 0) is 0 Å². The van der Waals surface area contributed by atoms with Gasteiger partial charge in [-0.3, -0.25) is 0 Å². The minimum atomic E-state index is 0.0498. The lowest BCUT2D eigenvalue weighted by Crippen LogP contribution is -2.44. The molecule has 3 heteroatoms. The lowest BCUT2D eigenvalue weighted by atomic mass is 9.92. The summed E-state index contributed by atoms with van der Waals surface area (Å²) in [6.45, 7) is 2.18. The molecule has 1 saturated carbocycles. The van der Waals surface area contributed by atoms with E-state index in [1.807, 2.05) is 0 Å². The van der Waals surface area contributed by atoms with E-state index < -0.39 is 0 Å². The van der Waals surface area contributed by atoms with E-state index in [1.54, 1.807) is 0 Å². The van der Waals surface area contributed by atoms with Crippen molar-refractivity contribution in [3.8, 4) is 0 Å². The first-order chi connectivity index (χ1) is 5.10. The van der Waals surface area contributed by atoms with Crippen molar-refractivity contribution in [3.63, 3.8) is 0 Å². The highest BCUT2D eigenvalue weighted by Gasteiger charge is 2.48. The van der Waals surface area contributed by atoms with Gasteiger partial charge in [-0.25, -0.2) is 0 Å². The van der Waals surface area contributed by atoms with Crippen LogP contribution in [0.2, 0.25) is 0 Å². The summed E-state index contributed by atoms with van der Waals surface area (Å²) in [4.78, 5) is 2.32. The Balaban J connectivity index is 2.13. The molecular formula is C8H17N3. The van der Waals surface area contributed by atoms with Gasteiger partial charge in [0.25, 0.3) is 0 Å². The number of rotatable bonds is 0. The molecule has 64 valence electrons. The summed E-state index contributed by atoms with van der Waals surface area (Å²) < 4.78 is 0. The van der Waals surface area contributed by atoms with Crippen LogP contribution in [0.3, 0.4) is 0 Å². The number of nitrogens with zero attached hydrogens (tertiary/aromatic N) is 1. The third kappa shape index (κ3) is 1.08. The highest BCUT2D eigenvalue weighted by Crippen LogP contribution is 2.38. The van der Waals surface area contributed by atoms with Gasteiger partial charge in [-0.1, -0.05) is 0 Å². The molecule has 0 aromatic carbocycles. The molecule has 2 aliphatic rings. The Morgan fingerprint density at radius 2 is 2.27 bits per heavy atom. The van der Waals surface area contributed by atoms with Crippen LogP contribution in [0, 0.1) is 5.92 Å². The predicted molar refractivity (Wildman–Crippen MR) is 45.1 cm³/mol. The molecule has 0 spiro atoms. The maximum atomic E-state index is 6.22. The summed E-state index contributed by atoms with van der Waals surface area (Å²) in [5.41, 5.74) is 12.1. The average Bonchev–Trinajstić information content (AvgIpc) is 2.16. The first-order valence-electron chi connectivity index (χ1n) is 4.33. The van der Waals surface area contributed by atoms with Gasteiger partial charge in [-0.2, -0.15) is 0 Å². The largest absolute Gasteiger partial charge is 0.328 e. The van der Waals surface area contributed by atoms with Crippen LogP contribution in [0.15, 0.2) is 0 Å². The number of hydrogen-bond donors (Lipinski definition) is 2. The van der Waals surface area contributed by atoms with Crippen LogP contribution in [0.25, 0.3) is 0 Å². The number of fused-ring (bicyclic) bond motifs is 1. The molecular weight excluding hydrogens is 138 g/mol. The highest BCUT2D eigenvalue weighted by molar-refractivity contribution is 5.08. The molecule has 4 N–H and O–H groups in total. The fraction of sp³-hybridized carbons (Fsp3) is 1.00. The molecule has 1 aliphatic carbocycles. The predicted octanol–water partition coefficient (Wildman–Crippen LogP) is -0.633. The van der Waals surface area contributed by atoms with Crippen molar-refractivity contribution >= 4 is 0 Å². The summed E-state index contributed by atoms with van der Waals surface area (Å²) in [6, 6.07) is 0.360. The number of likely N-dealkylation sites (tertiary alicyclic amines) is 1. The summed E-state index contributed by atoms with van der Waals surface area (Å²) in [5.74, 6) is 0.655. The molecule has 3 atom stereocenters. The Morgan fingerprint density at radius 1 is 1.55 bits per heavy atom. The second-order valence-electron chi connectivity index (χ2n) is 4.33. The van der Waals surface area contributed by atoms with Crippen molar-refractivity contribution in [1.29, 1.82) is 0 Å². The molecule has 0 aromatic rings. The Kier molecular flexibility index (Phi) is 1.50. The maximum Gasteiger partial charge on any atom is 0.0339 e. The lowest BCUT2D eigenvalue weighted by Gasteiger charge is -2.22. The van der Waals surface area contributed by atoms with Crippen LogP contribution < -0.4 is 11.5 Å². The third-order valence-electron chi connectivity index (χ3n) is 3.14. The fourth-order valence-corrected chi connectivity index (χ4v) is 2.73. The van der Waals surface area contributed by atoms with E-state index in [4.69, 9.17) is 11.5 Å². The van der Waals surface area contributed by atoms with Crippen LogP contribution in [-0.4, -0.2) is 36.6 Å². The van der Waals surface area contributed by atoms with Crippen molar-refractivity contribution < 1.29 is 0 Å². The fourth-order valence-electron chi connectivity index (χ4n) is 2.73. The van der Waals surface area contributed by atoms with E-state index in [9.17, 15) is 0 Å². The van der Waals surface area contributed by atoms with Gasteiger partial charge in [0.05, 0.1) is 0 Å². The first kappa shape index (κ1) is 7.53. The smallest absolute Gasteiger partial charge is 0.0339 e. The molecule has 0 bridgehead atoms. The van der Waals surface area contributed by atoms with Gasteiger partial charge < -0.3 is 16.4 Å².